The van der Waals surface area contributed by atoms with Gasteiger partial charge in [-0.3, -0.25) is 4.98 Å². The lowest BCUT2D eigenvalue weighted by Crippen LogP contribution is -2.29. The van der Waals surface area contributed by atoms with E-state index in [0.717, 1.165) is 12.3 Å². The number of carboxylic acids is 1. The lowest BCUT2D eigenvalue weighted by molar-refractivity contribution is -0.106. The third-order valence-electron chi connectivity index (χ3n) is 2.10. The van der Waals surface area contributed by atoms with Crippen LogP contribution in [0.15, 0.2) is 12.3 Å². The van der Waals surface area contributed by atoms with Gasteiger partial charge in [0.2, 0.25) is 0 Å². The van der Waals surface area contributed by atoms with Crippen LogP contribution in [0.4, 0.5) is 8.78 Å². The molecule has 80 valence electrons. The molecular formula is C9H7F2NO3. The Labute approximate surface area is 83.5 Å². The van der Waals surface area contributed by atoms with Crippen LogP contribution < -0.4 is 0 Å². The number of fused-ring (bicyclic) bond motifs is 1. The summed E-state index contributed by atoms with van der Waals surface area (Å²) in [5.74, 6) is -4.33. The summed E-state index contributed by atoms with van der Waals surface area (Å²) in [5, 5.41) is 8.65. The van der Waals surface area contributed by atoms with Crippen LogP contribution in [-0.4, -0.2) is 22.7 Å². The molecule has 1 aliphatic rings. The monoisotopic (exact) mass is 215 g/mol. The first kappa shape index (κ1) is 9.97. The fraction of sp³-hybridized carbons (Fsp3) is 0.333. The molecule has 0 fully saturated rings. The number of aromatic carboxylic acids is 1. The van der Waals surface area contributed by atoms with E-state index in [0.29, 0.717) is 0 Å². The van der Waals surface area contributed by atoms with E-state index in [2.05, 4.69) is 9.72 Å². The number of hydrogen-bond acceptors (Lipinski definition) is 3. The highest BCUT2D eigenvalue weighted by Gasteiger charge is 2.39. The Balaban J connectivity index is 2.50. The van der Waals surface area contributed by atoms with Gasteiger partial charge in [-0.05, 0) is 6.07 Å². The highest BCUT2D eigenvalue weighted by molar-refractivity contribution is 5.87. The van der Waals surface area contributed by atoms with E-state index >= 15 is 0 Å². The number of pyridine rings is 1. The van der Waals surface area contributed by atoms with Crippen LogP contribution in [0.3, 0.4) is 0 Å². The largest absolute Gasteiger partial charge is 0.478 e. The molecule has 15 heavy (non-hydrogen) atoms. The number of carbonyl (C=O) groups is 1. The van der Waals surface area contributed by atoms with E-state index < -0.39 is 24.2 Å². The molecule has 0 amide bonds. The second-order valence-electron chi connectivity index (χ2n) is 3.23. The van der Waals surface area contributed by atoms with Gasteiger partial charge in [0.25, 0.3) is 0 Å². The van der Waals surface area contributed by atoms with Gasteiger partial charge >= 0.3 is 11.9 Å². The molecule has 0 radical (unpaired) electrons. The molecule has 0 bridgehead atoms. The SMILES string of the molecule is O=C(O)c1cnc2c(c1)COCC2(F)F. The van der Waals surface area contributed by atoms with Gasteiger partial charge < -0.3 is 9.84 Å². The molecule has 6 heteroatoms. The predicted molar refractivity (Wildman–Crippen MR) is 44.7 cm³/mol. The number of rotatable bonds is 1. The molecule has 1 aliphatic heterocycles. The van der Waals surface area contributed by atoms with Crippen molar-refractivity contribution in [1.29, 1.82) is 0 Å². The van der Waals surface area contributed by atoms with Crippen molar-refractivity contribution in [1.82, 2.24) is 4.98 Å². The molecule has 0 atom stereocenters. The van der Waals surface area contributed by atoms with E-state index in [1.165, 1.54) is 0 Å². The van der Waals surface area contributed by atoms with E-state index in [9.17, 15) is 13.6 Å². The van der Waals surface area contributed by atoms with Gasteiger partial charge in [-0.25, -0.2) is 4.79 Å². The zero-order valence-corrected chi connectivity index (χ0v) is 7.54. The van der Waals surface area contributed by atoms with Gasteiger partial charge in [-0.2, -0.15) is 8.78 Å². The lowest BCUT2D eigenvalue weighted by Gasteiger charge is -2.24. The Hall–Kier alpha value is -1.56. The van der Waals surface area contributed by atoms with Crippen molar-refractivity contribution < 1.29 is 23.4 Å². The second kappa shape index (κ2) is 3.23. The van der Waals surface area contributed by atoms with Crippen LogP contribution in [0, 0.1) is 0 Å². The maximum atomic E-state index is 13.2. The van der Waals surface area contributed by atoms with Crippen LogP contribution in [0.25, 0.3) is 0 Å². The van der Waals surface area contributed by atoms with Gasteiger partial charge in [0, 0.05) is 11.8 Å². The highest BCUT2D eigenvalue weighted by Crippen LogP contribution is 2.33. The number of hydrogen-bond donors (Lipinski definition) is 1. The molecule has 0 spiro atoms. The summed E-state index contributed by atoms with van der Waals surface area (Å²) in [6.45, 7) is -0.738. The minimum Gasteiger partial charge on any atom is -0.478 e. The number of alkyl halides is 2. The summed E-state index contributed by atoms with van der Waals surface area (Å²) < 4.78 is 31.1. The summed E-state index contributed by atoms with van der Waals surface area (Å²) in [6, 6.07) is 1.16. The number of halogens is 2. The number of aromatic nitrogens is 1. The Kier molecular flexibility index (Phi) is 2.15. The van der Waals surface area contributed by atoms with Crippen molar-refractivity contribution in [2.45, 2.75) is 12.5 Å². The molecule has 4 nitrogen and oxygen atoms in total. The third-order valence-corrected chi connectivity index (χ3v) is 2.10. The van der Waals surface area contributed by atoms with Crippen molar-refractivity contribution >= 4 is 5.97 Å². The van der Waals surface area contributed by atoms with Crippen LogP contribution in [-0.2, 0) is 17.3 Å². The Morgan fingerprint density at radius 2 is 2.33 bits per heavy atom. The minimum atomic E-state index is -3.13. The molecule has 0 unspecified atom stereocenters. The topological polar surface area (TPSA) is 59.4 Å². The van der Waals surface area contributed by atoms with Crippen molar-refractivity contribution in [3.05, 3.63) is 29.1 Å². The molecule has 1 N–H and O–H groups in total. The van der Waals surface area contributed by atoms with Gasteiger partial charge in [-0.15, -0.1) is 0 Å². The molecule has 0 aliphatic carbocycles. The van der Waals surface area contributed by atoms with Crippen LogP contribution >= 0.6 is 0 Å². The van der Waals surface area contributed by atoms with Crippen molar-refractivity contribution in [3.8, 4) is 0 Å². The summed E-state index contributed by atoms with van der Waals surface area (Å²) in [4.78, 5) is 14.1. The molecular weight excluding hydrogens is 208 g/mol. The maximum absolute atomic E-state index is 13.2. The molecule has 0 saturated carbocycles. The molecule has 1 aromatic heterocycles. The van der Waals surface area contributed by atoms with Crippen molar-refractivity contribution in [3.63, 3.8) is 0 Å². The molecule has 2 heterocycles. The average molecular weight is 215 g/mol. The standard InChI is InChI=1S/C9H7F2NO3/c10-9(11)4-15-3-6-1-5(8(13)14)2-12-7(6)9/h1-2H,3-4H2,(H,13,14). The summed E-state index contributed by atoms with van der Waals surface area (Å²) >= 11 is 0. The number of nitrogens with zero attached hydrogens (tertiary/aromatic N) is 1. The average Bonchev–Trinajstić information content (AvgIpc) is 2.16. The first-order chi connectivity index (χ1) is 7.00. The van der Waals surface area contributed by atoms with E-state index in [1.54, 1.807) is 0 Å². The second-order valence-corrected chi connectivity index (χ2v) is 3.23. The van der Waals surface area contributed by atoms with E-state index in [-0.39, 0.29) is 17.7 Å². The molecule has 0 saturated heterocycles. The summed E-state index contributed by atoms with van der Waals surface area (Å²) in [7, 11) is 0. The van der Waals surface area contributed by atoms with Crippen LogP contribution in [0.1, 0.15) is 21.6 Å². The molecule has 2 rings (SSSR count). The summed E-state index contributed by atoms with van der Waals surface area (Å²) in [6.07, 6.45) is 0.931. The van der Waals surface area contributed by atoms with E-state index in [1.807, 2.05) is 0 Å². The first-order valence-electron chi connectivity index (χ1n) is 4.19. The zero-order valence-electron chi connectivity index (χ0n) is 7.54. The van der Waals surface area contributed by atoms with Crippen molar-refractivity contribution in [2.24, 2.45) is 0 Å². The zero-order chi connectivity index (χ0) is 11.1. The highest BCUT2D eigenvalue weighted by atomic mass is 19.3. The minimum absolute atomic E-state index is 0.0287. The maximum Gasteiger partial charge on any atom is 0.337 e. The smallest absolute Gasteiger partial charge is 0.337 e. The van der Waals surface area contributed by atoms with E-state index in [4.69, 9.17) is 5.11 Å². The van der Waals surface area contributed by atoms with Crippen LogP contribution in [0.2, 0.25) is 0 Å². The number of ether oxygens (including phenoxy) is 1. The lowest BCUT2D eigenvalue weighted by atomic mass is 10.1. The van der Waals surface area contributed by atoms with Crippen LogP contribution in [0.5, 0.6) is 0 Å². The first-order valence-corrected chi connectivity index (χ1v) is 4.19. The van der Waals surface area contributed by atoms with Gasteiger partial charge in [0.15, 0.2) is 0 Å². The Morgan fingerprint density at radius 1 is 1.60 bits per heavy atom. The normalized spacial score (nSPS) is 18.3. The Bertz CT molecular complexity index is 420. The van der Waals surface area contributed by atoms with Gasteiger partial charge in [-0.1, -0.05) is 0 Å². The predicted octanol–water partition coefficient (Wildman–Crippen LogP) is 1.40. The van der Waals surface area contributed by atoms with Crippen molar-refractivity contribution in [2.75, 3.05) is 6.61 Å². The third kappa shape index (κ3) is 1.68. The van der Waals surface area contributed by atoms with Gasteiger partial charge in [0.05, 0.1) is 12.2 Å². The summed E-state index contributed by atoms with van der Waals surface area (Å²) in [5.41, 5.74) is -0.375. The fourth-order valence-electron chi connectivity index (χ4n) is 1.42. The molecule has 0 aromatic carbocycles. The Morgan fingerprint density at radius 3 is 3.00 bits per heavy atom. The molecule has 1 aromatic rings. The quantitative estimate of drug-likeness (QED) is 0.769. The number of carboxylic acid groups (broad SMARTS) is 1. The fourth-order valence-corrected chi connectivity index (χ4v) is 1.42. The van der Waals surface area contributed by atoms with Gasteiger partial charge in [0.1, 0.15) is 12.3 Å².